The molecule has 0 amide bonds. The normalized spacial score (nSPS) is 31.6. The van der Waals surface area contributed by atoms with Crippen LogP contribution in [0.4, 0.5) is 4.39 Å². The van der Waals surface area contributed by atoms with Crippen LogP contribution in [0.3, 0.4) is 0 Å². The Balaban J connectivity index is 1.56. The minimum absolute atomic E-state index is 0.204. The van der Waals surface area contributed by atoms with Crippen molar-refractivity contribution >= 4 is 0 Å². The number of hydrogen-bond acceptors (Lipinski definition) is 2. The van der Waals surface area contributed by atoms with Gasteiger partial charge in [0.25, 0.3) is 0 Å². The summed E-state index contributed by atoms with van der Waals surface area (Å²) in [6.07, 6.45) is 2.63. The van der Waals surface area contributed by atoms with Gasteiger partial charge in [-0.2, -0.15) is 0 Å². The van der Waals surface area contributed by atoms with Crippen molar-refractivity contribution in [3.63, 3.8) is 0 Å². The SMILES string of the molecule is CCN1C[C@H]2CC(Oc3ccc(F)cc3)C[C@H]2C1. The van der Waals surface area contributed by atoms with Crippen LogP contribution in [0.25, 0.3) is 0 Å². The molecule has 18 heavy (non-hydrogen) atoms. The lowest BCUT2D eigenvalue weighted by atomic mass is 10.0. The highest BCUT2D eigenvalue weighted by atomic mass is 19.1. The lowest BCUT2D eigenvalue weighted by molar-refractivity contribution is 0.187. The Kier molecular flexibility index (Phi) is 3.25. The van der Waals surface area contributed by atoms with Crippen molar-refractivity contribution in [1.29, 1.82) is 0 Å². The Morgan fingerprint density at radius 1 is 1.17 bits per heavy atom. The van der Waals surface area contributed by atoms with Crippen LogP contribution >= 0.6 is 0 Å². The highest BCUT2D eigenvalue weighted by molar-refractivity contribution is 5.22. The molecule has 1 aromatic rings. The molecule has 98 valence electrons. The van der Waals surface area contributed by atoms with Gasteiger partial charge in [-0.05, 0) is 55.5 Å². The van der Waals surface area contributed by atoms with Crippen LogP contribution in [0.1, 0.15) is 19.8 Å². The highest BCUT2D eigenvalue weighted by Gasteiger charge is 2.41. The van der Waals surface area contributed by atoms with E-state index in [1.165, 1.54) is 25.2 Å². The number of fused-ring (bicyclic) bond motifs is 1. The molecule has 0 bridgehead atoms. The minimum atomic E-state index is -0.204. The Labute approximate surface area is 108 Å². The lowest BCUT2D eigenvalue weighted by Crippen LogP contribution is -2.24. The van der Waals surface area contributed by atoms with Gasteiger partial charge in [0.15, 0.2) is 0 Å². The minimum Gasteiger partial charge on any atom is -0.490 e. The van der Waals surface area contributed by atoms with Crippen LogP contribution in [0.5, 0.6) is 5.75 Å². The zero-order valence-electron chi connectivity index (χ0n) is 10.8. The molecule has 1 saturated carbocycles. The van der Waals surface area contributed by atoms with Crippen molar-refractivity contribution in [2.75, 3.05) is 19.6 Å². The first-order valence-corrected chi connectivity index (χ1v) is 6.89. The molecule has 0 spiro atoms. The smallest absolute Gasteiger partial charge is 0.123 e. The summed E-state index contributed by atoms with van der Waals surface area (Å²) in [5.41, 5.74) is 0. The van der Waals surface area contributed by atoms with E-state index in [9.17, 15) is 4.39 Å². The molecule has 0 N–H and O–H groups in total. The molecule has 1 aromatic carbocycles. The van der Waals surface area contributed by atoms with Crippen LogP contribution in [0.2, 0.25) is 0 Å². The molecule has 1 unspecified atom stereocenters. The molecule has 0 radical (unpaired) electrons. The number of hydrogen-bond donors (Lipinski definition) is 0. The van der Waals surface area contributed by atoms with E-state index >= 15 is 0 Å². The predicted molar refractivity (Wildman–Crippen MR) is 69.1 cm³/mol. The van der Waals surface area contributed by atoms with Gasteiger partial charge >= 0.3 is 0 Å². The quantitative estimate of drug-likeness (QED) is 0.816. The number of ether oxygens (including phenoxy) is 1. The first-order chi connectivity index (χ1) is 8.74. The Morgan fingerprint density at radius 2 is 1.78 bits per heavy atom. The van der Waals surface area contributed by atoms with E-state index in [4.69, 9.17) is 4.74 Å². The molecule has 0 aromatic heterocycles. The number of benzene rings is 1. The van der Waals surface area contributed by atoms with Crippen LogP contribution in [0.15, 0.2) is 24.3 Å². The maximum atomic E-state index is 12.8. The zero-order chi connectivity index (χ0) is 12.5. The second-order valence-electron chi connectivity index (χ2n) is 5.54. The maximum Gasteiger partial charge on any atom is 0.123 e. The molecule has 1 aliphatic carbocycles. The van der Waals surface area contributed by atoms with Gasteiger partial charge in [0, 0.05) is 13.1 Å². The number of nitrogens with zero attached hydrogens (tertiary/aromatic N) is 1. The molecule has 1 saturated heterocycles. The standard InChI is InChI=1S/C15H20FNO/c1-2-17-9-11-7-15(8-12(11)10-17)18-14-5-3-13(16)4-6-14/h3-6,11-12,15H,2,7-10H2,1H3/t11-,12+,15?. The van der Waals surface area contributed by atoms with Gasteiger partial charge in [0.1, 0.15) is 11.6 Å². The molecule has 3 rings (SSSR count). The third-order valence-electron chi connectivity index (χ3n) is 4.35. The summed E-state index contributed by atoms with van der Waals surface area (Å²) in [5.74, 6) is 2.20. The summed E-state index contributed by atoms with van der Waals surface area (Å²) in [5, 5.41) is 0. The Bertz CT molecular complexity index is 391. The lowest BCUT2D eigenvalue weighted by Gasteiger charge is -2.18. The van der Waals surface area contributed by atoms with Crippen LogP contribution in [-0.4, -0.2) is 30.6 Å². The van der Waals surface area contributed by atoms with Crippen molar-refractivity contribution in [2.24, 2.45) is 11.8 Å². The van der Waals surface area contributed by atoms with Gasteiger partial charge in [0.2, 0.25) is 0 Å². The largest absolute Gasteiger partial charge is 0.490 e. The summed E-state index contributed by atoms with van der Waals surface area (Å²) >= 11 is 0. The molecule has 3 atom stereocenters. The Morgan fingerprint density at radius 3 is 2.33 bits per heavy atom. The molecule has 2 fully saturated rings. The van der Waals surface area contributed by atoms with Crippen LogP contribution in [-0.2, 0) is 0 Å². The van der Waals surface area contributed by atoms with E-state index in [2.05, 4.69) is 11.8 Å². The summed E-state index contributed by atoms with van der Waals surface area (Å²) in [6, 6.07) is 6.37. The fourth-order valence-electron chi connectivity index (χ4n) is 3.40. The number of rotatable bonds is 3. The second kappa shape index (κ2) is 4.88. The summed E-state index contributed by atoms with van der Waals surface area (Å²) in [4.78, 5) is 2.53. The molecule has 3 heteroatoms. The van der Waals surface area contributed by atoms with Crippen molar-refractivity contribution in [3.05, 3.63) is 30.1 Å². The molecule has 1 aliphatic heterocycles. The first-order valence-electron chi connectivity index (χ1n) is 6.89. The third kappa shape index (κ3) is 2.37. The fraction of sp³-hybridized carbons (Fsp3) is 0.600. The van der Waals surface area contributed by atoms with Crippen molar-refractivity contribution in [2.45, 2.75) is 25.9 Å². The maximum absolute atomic E-state index is 12.8. The van der Waals surface area contributed by atoms with E-state index < -0.39 is 0 Å². The van der Waals surface area contributed by atoms with Crippen LogP contribution in [0, 0.1) is 17.7 Å². The monoisotopic (exact) mass is 249 g/mol. The first kappa shape index (κ1) is 12.0. The van der Waals surface area contributed by atoms with Crippen molar-refractivity contribution in [1.82, 2.24) is 4.90 Å². The number of halogens is 1. The highest BCUT2D eigenvalue weighted by Crippen LogP contribution is 2.39. The second-order valence-corrected chi connectivity index (χ2v) is 5.54. The molecule has 1 heterocycles. The molecule has 2 nitrogen and oxygen atoms in total. The van der Waals surface area contributed by atoms with Crippen molar-refractivity contribution < 1.29 is 9.13 Å². The average Bonchev–Trinajstić information content (AvgIpc) is 2.89. The summed E-state index contributed by atoms with van der Waals surface area (Å²) in [6.45, 7) is 5.85. The predicted octanol–water partition coefficient (Wildman–Crippen LogP) is 2.93. The van der Waals surface area contributed by atoms with Gasteiger partial charge < -0.3 is 9.64 Å². The Hall–Kier alpha value is -1.09. The topological polar surface area (TPSA) is 12.5 Å². The van der Waals surface area contributed by atoms with Crippen LogP contribution < -0.4 is 4.74 Å². The third-order valence-corrected chi connectivity index (χ3v) is 4.35. The van der Waals surface area contributed by atoms with E-state index in [1.807, 2.05) is 0 Å². The fourth-order valence-corrected chi connectivity index (χ4v) is 3.40. The average molecular weight is 249 g/mol. The van der Waals surface area contributed by atoms with Gasteiger partial charge in [-0.25, -0.2) is 4.39 Å². The van der Waals surface area contributed by atoms with Gasteiger partial charge in [-0.1, -0.05) is 6.92 Å². The molecule has 2 aliphatic rings. The van der Waals surface area contributed by atoms with Gasteiger partial charge in [0.05, 0.1) is 6.10 Å². The summed E-state index contributed by atoms with van der Waals surface area (Å²) in [7, 11) is 0. The van der Waals surface area contributed by atoms with E-state index in [0.29, 0.717) is 6.10 Å². The number of likely N-dealkylation sites (tertiary alicyclic amines) is 1. The summed E-state index contributed by atoms with van der Waals surface area (Å²) < 4.78 is 18.8. The van der Waals surface area contributed by atoms with E-state index in [0.717, 1.165) is 37.0 Å². The van der Waals surface area contributed by atoms with Gasteiger partial charge in [-0.3, -0.25) is 0 Å². The van der Waals surface area contributed by atoms with Gasteiger partial charge in [-0.15, -0.1) is 0 Å². The van der Waals surface area contributed by atoms with E-state index in [-0.39, 0.29) is 5.82 Å². The van der Waals surface area contributed by atoms with Crippen molar-refractivity contribution in [3.8, 4) is 5.75 Å². The van der Waals surface area contributed by atoms with E-state index in [1.54, 1.807) is 12.1 Å². The zero-order valence-corrected chi connectivity index (χ0v) is 10.8. The molecular formula is C15H20FNO. The molecular weight excluding hydrogens is 229 g/mol.